The van der Waals surface area contributed by atoms with Crippen LogP contribution in [0.15, 0.2) is 57.9 Å². The topological polar surface area (TPSA) is 75.9 Å². The van der Waals surface area contributed by atoms with E-state index in [0.29, 0.717) is 25.1 Å². The van der Waals surface area contributed by atoms with Crippen molar-refractivity contribution in [1.29, 1.82) is 0 Å². The van der Waals surface area contributed by atoms with Crippen LogP contribution in [0.3, 0.4) is 0 Å². The van der Waals surface area contributed by atoms with Gasteiger partial charge in [-0.2, -0.15) is 17.5 Å². The second-order valence-electron chi connectivity index (χ2n) is 7.84. The van der Waals surface area contributed by atoms with Gasteiger partial charge in [0, 0.05) is 43.5 Å². The number of methoxy groups -OCH3 is 1. The minimum Gasteiger partial charge on any atom is -0.497 e. The molecular formula is C23H24F3N3O4S. The van der Waals surface area contributed by atoms with E-state index in [9.17, 15) is 21.6 Å². The fraction of sp³-hybridized carbons (Fsp3) is 0.348. The average Bonchev–Trinajstić information content (AvgIpc) is 3.35. The van der Waals surface area contributed by atoms with Gasteiger partial charge in [0.25, 0.3) is 0 Å². The summed E-state index contributed by atoms with van der Waals surface area (Å²) in [5.74, 6) is -0.493. The van der Waals surface area contributed by atoms with Gasteiger partial charge in [0.1, 0.15) is 11.4 Å². The zero-order chi connectivity index (χ0) is 24.5. The van der Waals surface area contributed by atoms with E-state index < -0.39 is 22.0 Å². The van der Waals surface area contributed by atoms with E-state index in [4.69, 9.17) is 4.74 Å². The lowest BCUT2D eigenvalue weighted by Gasteiger charge is -2.35. The van der Waals surface area contributed by atoms with E-state index in [1.165, 1.54) is 10.4 Å². The van der Waals surface area contributed by atoms with Crippen molar-refractivity contribution in [1.82, 2.24) is 9.46 Å². The van der Waals surface area contributed by atoms with Crippen LogP contribution in [0, 0.1) is 0 Å². The van der Waals surface area contributed by atoms with Gasteiger partial charge in [-0.05, 0) is 42.3 Å². The molecule has 34 heavy (non-hydrogen) atoms. The quantitative estimate of drug-likeness (QED) is 0.503. The summed E-state index contributed by atoms with van der Waals surface area (Å²) in [7, 11) is -2.27. The molecule has 1 aliphatic rings. The van der Waals surface area contributed by atoms with E-state index in [0.717, 1.165) is 17.5 Å². The Bertz CT molecular complexity index is 1250. The van der Waals surface area contributed by atoms with Crippen LogP contribution in [0.5, 0.6) is 5.75 Å². The molecule has 1 aromatic heterocycles. The molecule has 0 bridgehead atoms. The number of hydrogen-bond acceptors (Lipinski definition) is 6. The SMILES string of the molecule is CCc1ccc(-c2cc(C(F)(F)F)on2)cc1S(=O)(=O)N1CCN(c2ccc(OC)cc2)CC1. The van der Waals surface area contributed by atoms with E-state index in [1.807, 2.05) is 31.2 Å². The average molecular weight is 496 g/mol. The largest absolute Gasteiger partial charge is 0.497 e. The maximum absolute atomic E-state index is 13.5. The summed E-state index contributed by atoms with van der Waals surface area (Å²) in [6, 6.07) is 12.9. The molecule has 0 saturated carbocycles. The number of aryl methyl sites for hydroxylation is 1. The molecule has 1 fully saturated rings. The molecule has 1 aliphatic heterocycles. The second-order valence-corrected chi connectivity index (χ2v) is 9.75. The van der Waals surface area contributed by atoms with E-state index >= 15 is 0 Å². The normalized spacial score (nSPS) is 15.5. The fourth-order valence-corrected chi connectivity index (χ4v) is 5.65. The van der Waals surface area contributed by atoms with Gasteiger partial charge in [0.2, 0.25) is 15.8 Å². The molecule has 2 heterocycles. The summed E-state index contributed by atoms with van der Waals surface area (Å²) >= 11 is 0. The molecular weight excluding hydrogens is 471 g/mol. The first kappa shape index (κ1) is 24.1. The Hall–Kier alpha value is -3.05. The van der Waals surface area contributed by atoms with Gasteiger partial charge in [-0.1, -0.05) is 24.2 Å². The zero-order valence-electron chi connectivity index (χ0n) is 18.7. The predicted octanol–water partition coefficient (Wildman–Crippen LogP) is 4.44. The summed E-state index contributed by atoms with van der Waals surface area (Å²) in [6.07, 6.45) is -4.22. The minimum absolute atomic E-state index is 0.0713. The fourth-order valence-electron chi connectivity index (χ4n) is 3.91. The highest BCUT2D eigenvalue weighted by atomic mass is 32.2. The van der Waals surface area contributed by atoms with Crippen LogP contribution in [-0.4, -0.2) is 51.2 Å². The van der Waals surface area contributed by atoms with Crippen LogP contribution in [0.25, 0.3) is 11.3 Å². The number of nitrogens with zero attached hydrogens (tertiary/aromatic N) is 3. The third-order valence-electron chi connectivity index (χ3n) is 5.83. The Labute approximate surface area is 195 Å². The molecule has 3 aromatic rings. The molecule has 1 saturated heterocycles. The Morgan fingerprint density at radius 3 is 2.26 bits per heavy atom. The van der Waals surface area contributed by atoms with Crippen molar-refractivity contribution in [3.8, 4) is 17.0 Å². The minimum atomic E-state index is -4.67. The zero-order valence-corrected chi connectivity index (χ0v) is 19.5. The standard InChI is InChI=1S/C23H24F3N3O4S/c1-3-16-4-5-17(20-15-22(33-27-20)23(24,25)26)14-21(16)34(30,31)29-12-10-28(11-13-29)18-6-8-19(32-2)9-7-18/h4-9,14-15H,3,10-13H2,1-2H3. The number of ether oxygens (including phenoxy) is 1. The van der Waals surface area contributed by atoms with Crippen LogP contribution in [0.1, 0.15) is 18.2 Å². The lowest BCUT2D eigenvalue weighted by atomic mass is 10.1. The predicted molar refractivity (Wildman–Crippen MR) is 120 cm³/mol. The lowest BCUT2D eigenvalue weighted by molar-refractivity contribution is -0.155. The van der Waals surface area contributed by atoms with Crippen molar-refractivity contribution < 1.29 is 30.8 Å². The molecule has 182 valence electrons. The molecule has 7 nitrogen and oxygen atoms in total. The van der Waals surface area contributed by atoms with Gasteiger partial charge in [0.05, 0.1) is 12.0 Å². The first-order chi connectivity index (χ1) is 16.1. The van der Waals surface area contributed by atoms with Crippen LogP contribution in [-0.2, 0) is 22.6 Å². The maximum atomic E-state index is 13.5. The van der Waals surface area contributed by atoms with Gasteiger partial charge in [-0.3, -0.25) is 0 Å². The van der Waals surface area contributed by atoms with Gasteiger partial charge < -0.3 is 14.2 Å². The molecule has 11 heteroatoms. The highest BCUT2D eigenvalue weighted by molar-refractivity contribution is 7.89. The highest BCUT2D eigenvalue weighted by Gasteiger charge is 2.36. The van der Waals surface area contributed by atoms with Crippen molar-refractivity contribution in [3.05, 3.63) is 59.9 Å². The van der Waals surface area contributed by atoms with Crippen LogP contribution in [0.4, 0.5) is 18.9 Å². The number of hydrogen-bond donors (Lipinski definition) is 0. The van der Waals surface area contributed by atoms with Gasteiger partial charge in [-0.15, -0.1) is 0 Å². The molecule has 0 atom stereocenters. The Kier molecular flexibility index (Phi) is 6.59. The summed E-state index contributed by atoms with van der Waals surface area (Å²) in [4.78, 5) is 2.17. The molecule has 0 unspecified atom stereocenters. The maximum Gasteiger partial charge on any atom is 0.452 e. The summed E-state index contributed by atoms with van der Waals surface area (Å²) in [5, 5.41) is 3.48. The highest BCUT2D eigenvalue weighted by Crippen LogP contribution is 2.34. The summed E-state index contributed by atoms with van der Waals surface area (Å²) < 4.78 is 76.7. The number of anilines is 1. The molecule has 2 aromatic carbocycles. The van der Waals surface area contributed by atoms with E-state index in [-0.39, 0.29) is 29.2 Å². The van der Waals surface area contributed by atoms with Crippen LogP contribution >= 0.6 is 0 Å². The smallest absolute Gasteiger partial charge is 0.452 e. The monoisotopic (exact) mass is 495 g/mol. The number of piperazine rings is 1. The number of aromatic nitrogens is 1. The van der Waals surface area contributed by atoms with Crippen molar-refractivity contribution in [2.24, 2.45) is 0 Å². The van der Waals surface area contributed by atoms with E-state index in [2.05, 4.69) is 14.6 Å². The number of halogens is 3. The molecule has 4 rings (SSSR count). The first-order valence-electron chi connectivity index (χ1n) is 10.7. The molecule has 0 N–H and O–H groups in total. The summed E-state index contributed by atoms with van der Waals surface area (Å²) in [5.41, 5.74) is 1.73. The van der Waals surface area contributed by atoms with Crippen molar-refractivity contribution in [2.45, 2.75) is 24.4 Å². The van der Waals surface area contributed by atoms with Gasteiger partial charge in [0.15, 0.2) is 0 Å². The molecule has 0 amide bonds. The van der Waals surface area contributed by atoms with Crippen LogP contribution in [0.2, 0.25) is 0 Å². The Morgan fingerprint density at radius 2 is 1.71 bits per heavy atom. The lowest BCUT2D eigenvalue weighted by Crippen LogP contribution is -2.48. The number of rotatable bonds is 6. The number of benzene rings is 2. The second kappa shape index (κ2) is 9.30. The Balaban J connectivity index is 1.57. The van der Waals surface area contributed by atoms with Crippen molar-refractivity contribution >= 4 is 15.7 Å². The summed E-state index contributed by atoms with van der Waals surface area (Å²) in [6.45, 7) is 3.40. The first-order valence-corrected chi connectivity index (χ1v) is 12.1. The van der Waals surface area contributed by atoms with Gasteiger partial charge in [-0.25, -0.2) is 8.42 Å². The number of sulfonamides is 1. The van der Waals surface area contributed by atoms with Gasteiger partial charge >= 0.3 is 6.18 Å². The van der Waals surface area contributed by atoms with Crippen molar-refractivity contribution in [2.75, 3.05) is 38.2 Å². The van der Waals surface area contributed by atoms with Crippen molar-refractivity contribution in [3.63, 3.8) is 0 Å². The third-order valence-corrected chi connectivity index (χ3v) is 7.81. The van der Waals surface area contributed by atoms with E-state index in [1.54, 1.807) is 19.2 Å². The number of alkyl halides is 3. The molecule has 0 radical (unpaired) electrons. The molecule has 0 aliphatic carbocycles. The van der Waals surface area contributed by atoms with Crippen LogP contribution < -0.4 is 9.64 Å². The Morgan fingerprint density at radius 1 is 1.03 bits per heavy atom. The third kappa shape index (κ3) is 4.76. The molecule has 0 spiro atoms.